The van der Waals surface area contributed by atoms with Gasteiger partial charge in [-0.3, -0.25) is 4.79 Å². The Morgan fingerprint density at radius 2 is 1.24 bits per heavy atom. The van der Waals surface area contributed by atoms with Crippen LogP contribution < -0.4 is 5.32 Å². The summed E-state index contributed by atoms with van der Waals surface area (Å²) in [6.45, 7) is 8.98. The third kappa shape index (κ3) is 22.8. The molecule has 1 unspecified atom stereocenters. The molecule has 0 spiro atoms. The fourth-order valence-electron chi connectivity index (χ4n) is 1.83. The average Bonchev–Trinajstić information content (AvgIpc) is 2.69. The number of aliphatic carboxylic acids is 1. The van der Waals surface area contributed by atoms with Crippen molar-refractivity contribution in [3.8, 4) is 0 Å². The first-order valence-corrected chi connectivity index (χ1v) is 10.0. The van der Waals surface area contributed by atoms with Crippen LogP contribution >= 0.6 is 0 Å². The third-order valence-electron chi connectivity index (χ3n) is 3.61. The summed E-state index contributed by atoms with van der Waals surface area (Å²) < 4.78 is 31.6. The number of hydrogen-bond donors (Lipinski definition) is 2. The number of rotatable bonds is 22. The van der Waals surface area contributed by atoms with Gasteiger partial charge in [-0.2, -0.15) is 0 Å². The van der Waals surface area contributed by atoms with E-state index in [2.05, 4.69) is 23.9 Å². The van der Waals surface area contributed by atoms with Gasteiger partial charge >= 0.3 is 5.97 Å². The molecule has 0 fully saturated rings. The van der Waals surface area contributed by atoms with E-state index < -0.39 is 12.6 Å². The van der Waals surface area contributed by atoms with Crippen LogP contribution in [-0.2, 0) is 38.0 Å². The van der Waals surface area contributed by atoms with Gasteiger partial charge in [0.25, 0.3) is 0 Å². The Balaban J connectivity index is 3.13. The van der Waals surface area contributed by atoms with Gasteiger partial charge in [0.05, 0.1) is 59.5 Å². The molecule has 0 heterocycles. The third-order valence-corrected chi connectivity index (χ3v) is 3.61. The first kappa shape index (κ1) is 27.7. The Labute approximate surface area is 173 Å². The second-order valence-electron chi connectivity index (χ2n) is 6.27. The van der Waals surface area contributed by atoms with Gasteiger partial charge in [-0.05, 0) is 5.92 Å². The molecule has 1 atom stereocenters. The lowest BCUT2D eigenvalue weighted by Crippen LogP contribution is -2.31. The topological polar surface area (TPSA) is 122 Å². The zero-order valence-electron chi connectivity index (χ0n) is 17.7. The highest BCUT2D eigenvalue weighted by Gasteiger charge is 2.03. The maximum Gasteiger partial charge on any atom is 0.329 e. The molecule has 2 N–H and O–H groups in total. The zero-order valence-corrected chi connectivity index (χ0v) is 17.7. The van der Waals surface area contributed by atoms with Crippen LogP contribution in [0.4, 0.5) is 0 Å². The summed E-state index contributed by atoms with van der Waals surface area (Å²) in [5, 5.41) is 10.9. The highest BCUT2D eigenvalue weighted by atomic mass is 16.6. The van der Waals surface area contributed by atoms with Gasteiger partial charge in [0.1, 0.15) is 13.2 Å². The molecule has 1 amide bonds. The molecule has 0 aliphatic carbocycles. The van der Waals surface area contributed by atoms with Crippen molar-refractivity contribution in [2.75, 3.05) is 85.8 Å². The van der Waals surface area contributed by atoms with E-state index in [1.807, 2.05) is 0 Å². The second-order valence-corrected chi connectivity index (χ2v) is 6.27. The molecule has 0 rings (SSSR count). The average molecular weight is 424 g/mol. The number of carboxylic acid groups (broad SMARTS) is 1. The van der Waals surface area contributed by atoms with Crippen LogP contribution in [0.5, 0.6) is 0 Å². The molecule has 0 aliphatic rings. The molecule has 0 radical (unpaired) electrons. The molecular weight excluding hydrogens is 386 g/mol. The highest BCUT2D eigenvalue weighted by Crippen LogP contribution is 1.99. The number of hydrogen-bond acceptors (Lipinski definition) is 8. The van der Waals surface area contributed by atoms with Crippen LogP contribution in [0.15, 0.2) is 0 Å². The van der Waals surface area contributed by atoms with E-state index in [9.17, 15) is 9.59 Å². The van der Waals surface area contributed by atoms with Crippen molar-refractivity contribution in [3.05, 3.63) is 0 Å². The van der Waals surface area contributed by atoms with Gasteiger partial charge < -0.3 is 38.8 Å². The molecule has 0 bridgehead atoms. The fraction of sp³-hybridized carbons (Fsp3) is 0.895. The lowest BCUT2D eigenvalue weighted by atomic mass is 10.1. The SMILES string of the molecule is CCC(C)COCCOCCOCCOCCOCCNC(=O)COCC(=O)O. The van der Waals surface area contributed by atoms with E-state index in [1.165, 1.54) is 0 Å². The summed E-state index contributed by atoms with van der Waals surface area (Å²) >= 11 is 0. The van der Waals surface area contributed by atoms with E-state index >= 15 is 0 Å². The minimum atomic E-state index is -1.11. The second kappa shape index (κ2) is 21.4. The number of amides is 1. The smallest absolute Gasteiger partial charge is 0.329 e. The van der Waals surface area contributed by atoms with E-state index in [0.29, 0.717) is 71.9 Å². The number of carbonyl (C=O) groups is 2. The number of ether oxygens (including phenoxy) is 6. The zero-order chi connectivity index (χ0) is 21.6. The maximum atomic E-state index is 11.3. The quantitative estimate of drug-likeness (QED) is 0.237. The predicted molar refractivity (Wildman–Crippen MR) is 105 cm³/mol. The number of carbonyl (C=O) groups excluding carboxylic acids is 1. The van der Waals surface area contributed by atoms with Crippen molar-refractivity contribution in [2.24, 2.45) is 5.92 Å². The van der Waals surface area contributed by atoms with Crippen LogP contribution in [0.1, 0.15) is 20.3 Å². The van der Waals surface area contributed by atoms with Crippen molar-refractivity contribution >= 4 is 11.9 Å². The molecule has 10 nitrogen and oxygen atoms in total. The largest absolute Gasteiger partial charge is 0.480 e. The van der Waals surface area contributed by atoms with Gasteiger partial charge in [-0.15, -0.1) is 0 Å². The van der Waals surface area contributed by atoms with Crippen molar-refractivity contribution in [1.82, 2.24) is 5.32 Å². The molecule has 0 aromatic rings. The minimum absolute atomic E-state index is 0.285. The van der Waals surface area contributed by atoms with Crippen LogP contribution in [0.2, 0.25) is 0 Å². The van der Waals surface area contributed by atoms with Crippen molar-refractivity contribution in [1.29, 1.82) is 0 Å². The van der Waals surface area contributed by atoms with Crippen LogP contribution in [0.3, 0.4) is 0 Å². The van der Waals surface area contributed by atoms with Crippen LogP contribution in [-0.4, -0.2) is 103 Å². The Bertz CT molecular complexity index is 396. The summed E-state index contributed by atoms with van der Waals surface area (Å²) in [7, 11) is 0. The minimum Gasteiger partial charge on any atom is -0.480 e. The first-order valence-electron chi connectivity index (χ1n) is 10.0. The standard InChI is InChI=1S/C19H37NO9/c1-3-17(2)14-28-13-12-27-11-10-26-9-8-25-7-6-24-5-4-20-18(21)15-29-16-19(22)23/h17H,3-16H2,1-2H3,(H,20,21)(H,22,23). The summed E-state index contributed by atoms with van der Waals surface area (Å²) in [6.07, 6.45) is 1.12. The Morgan fingerprint density at radius 3 is 1.72 bits per heavy atom. The van der Waals surface area contributed by atoms with Gasteiger partial charge in [-0.1, -0.05) is 20.3 Å². The number of carboxylic acids is 1. The van der Waals surface area contributed by atoms with E-state index in [1.54, 1.807) is 0 Å². The predicted octanol–water partition coefficient (Wildman–Crippen LogP) is 0.333. The lowest BCUT2D eigenvalue weighted by Gasteiger charge is -2.10. The molecule has 0 aliphatic heterocycles. The van der Waals surface area contributed by atoms with Gasteiger partial charge in [0, 0.05) is 13.2 Å². The maximum absolute atomic E-state index is 11.3. The molecular formula is C19H37NO9. The van der Waals surface area contributed by atoms with Gasteiger partial charge in [0.15, 0.2) is 0 Å². The highest BCUT2D eigenvalue weighted by molar-refractivity contribution is 5.77. The van der Waals surface area contributed by atoms with Crippen molar-refractivity contribution in [2.45, 2.75) is 20.3 Å². The molecule has 0 aromatic carbocycles. The summed E-state index contributed by atoms with van der Waals surface area (Å²) in [4.78, 5) is 21.5. The molecule has 0 saturated carbocycles. The molecule has 29 heavy (non-hydrogen) atoms. The van der Waals surface area contributed by atoms with E-state index in [4.69, 9.17) is 28.8 Å². The van der Waals surface area contributed by atoms with Gasteiger partial charge in [-0.25, -0.2) is 4.79 Å². The van der Waals surface area contributed by atoms with Crippen LogP contribution in [0, 0.1) is 5.92 Å². The summed E-state index contributed by atoms with van der Waals surface area (Å²) in [6, 6.07) is 0. The van der Waals surface area contributed by atoms with E-state index in [-0.39, 0.29) is 12.5 Å². The molecule has 10 heteroatoms. The Hall–Kier alpha value is -1.30. The first-order chi connectivity index (χ1) is 14.1. The molecule has 0 saturated heterocycles. The summed E-state index contributed by atoms with van der Waals surface area (Å²) in [5.74, 6) is -0.912. The molecule has 172 valence electrons. The van der Waals surface area contributed by atoms with Crippen molar-refractivity contribution < 1.29 is 43.1 Å². The monoisotopic (exact) mass is 423 g/mol. The van der Waals surface area contributed by atoms with Crippen LogP contribution in [0.25, 0.3) is 0 Å². The normalized spacial score (nSPS) is 12.1. The fourth-order valence-corrected chi connectivity index (χ4v) is 1.83. The van der Waals surface area contributed by atoms with Crippen molar-refractivity contribution in [3.63, 3.8) is 0 Å². The summed E-state index contributed by atoms with van der Waals surface area (Å²) in [5.41, 5.74) is 0. The Kier molecular flexibility index (Phi) is 20.5. The Morgan fingerprint density at radius 1 is 0.759 bits per heavy atom. The van der Waals surface area contributed by atoms with E-state index in [0.717, 1.165) is 13.0 Å². The number of nitrogens with one attached hydrogen (secondary N) is 1. The lowest BCUT2D eigenvalue weighted by molar-refractivity contribution is -0.143. The molecule has 0 aromatic heterocycles. The van der Waals surface area contributed by atoms with Gasteiger partial charge in [0.2, 0.25) is 5.91 Å².